The monoisotopic (exact) mass is 507 g/mol. The fraction of sp³-hybridized carbons (Fsp3) is 0.625. The van der Waals surface area contributed by atoms with Gasteiger partial charge in [-0.3, -0.25) is 9.59 Å². The summed E-state index contributed by atoms with van der Waals surface area (Å²) in [6.07, 6.45) is 2.79. The van der Waals surface area contributed by atoms with E-state index in [9.17, 15) is 29.8 Å². The van der Waals surface area contributed by atoms with Gasteiger partial charge in [-0.05, 0) is 50.5 Å². The van der Waals surface area contributed by atoms with E-state index < -0.39 is 29.9 Å². The molecule has 2 atom stereocenters. The standard InChI is InChI=1S/C23H38BN5O6.CH4/c1-16(2)14-21(24(32)33)27-22(31)19(7-5-13-26-23(25)28-29(34)35)15-20(30)8-4-6-18-11-9-17(3)10-12-18;/h9-12,16,19,21,32-33H,4-8,13-15H2,1-3H3,(H,27,31)(H3,25,26,28);1H4/t19-,21+;/m1./s1. The summed E-state index contributed by atoms with van der Waals surface area (Å²) in [5.74, 6) is -2.25. The van der Waals surface area contributed by atoms with Gasteiger partial charge in [0.15, 0.2) is 5.03 Å². The van der Waals surface area contributed by atoms with Crippen LogP contribution in [0.5, 0.6) is 0 Å². The lowest BCUT2D eigenvalue weighted by Crippen LogP contribution is -2.49. The van der Waals surface area contributed by atoms with Gasteiger partial charge in [-0.1, -0.05) is 56.5 Å². The largest absolute Gasteiger partial charge is 0.475 e. The summed E-state index contributed by atoms with van der Waals surface area (Å²) >= 11 is 0. The number of hydrogen-bond acceptors (Lipinski definition) is 7. The highest BCUT2D eigenvalue weighted by Crippen LogP contribution is 2.17. The van der Waals surface area contributed by atoms with Crippen molar-refractivity contribution in [2.24, 2.45) is 22.6 Å². The minimum atomic E-state index is -1.72. The van der Waals surface area contributed by atoms with Crippen LogP contribution in [-0.2, 0) is 16.0 Å². The Morgan fingerprint density at radius 1 is 1.19 bits per heavy atom. The number of hydrogen-bond donors (Lipinski definition) is 5. The van der Waals surface area contributed by atoms with Gasteiger partial charge in [0.05, 0.1) is 5.94 Å². The van der Waals surface area contributed by atoms with Gasteiger partial charge in [-0.15, -0.1) is 0 Å². The van der Waals surface area contributed by atoms with Crippen molar-refractivity contribution in [3.05, 3.63) is 45.5 Å². The molecule has 1 amide bonds. The first-order chi connectivity index (χ1) is 16.5. The quantitative estimate of drug-likeness (QED) is 0.0562. The first-order valence-electron chi connectivity index (χ1n) is 11.9. The van der Waals surface area contributed by atoms with Gasteiger partial charge < -0.3 is 21.1 Å². The molecule has 1 aromatic carbocycles. The summed E-state index contributed by atoms with van der Waals surface area (Å²) in [7, 11) is -1.72. The van der Waals surface area contributed by atoms with Crippen LogP contribution in [0.4, 0.5) is 0 Å². The molecular formula is C24H42BN5O6. The van der Waals surface area contributed by atoms with Crippen LogP contribution in [0, 0.1) is 28.9 Å². The van der Waals surface area contributed by atoms with Gasteiger partial charge in [0.1, 0.15) is 5.78 Å². The minimum absolute atomic E-state index is 0. The van der Waals surface area contributed by atoms with Crippen molar-refractivity contribution < 1.29 is 24.7 Å². The smallest absolute Gasteiger partial charge is 0.426 e. The van der Waals surface area contributed by atoms with Gasteiger partial charge in [0.25, 0.3) is 5.96 Å². The lowest BCUT2D eigenvalue weighted by Gasteiger charge is -2.23. The maximum Gasteiger partial charge on any atom is 0.475 e. The number of Topliss-reactive ketones (excluding diaryl/α,β-unsaturated/α-hetero) is 1. The van der Waals surface area contributed by atoms with E-state index in [1.54, 1.807) is 5.43 Å². The van der Waals surface area contributed by atoms with E-state index in [1.165, 1.54) is 5.56 Å². The number of guanidine groups is 1. The van der Waals surface area contributed by atoms with Crippen LogP contribution >= 0.6 is 0 Å². The topological polar surface area (TPSA) is 180 Å². The number of rotatable bonds is 16. The molecule has 36 heavy (non-hydrogen) atoms. The Labute approximate surface area is 214 Å². The molecule has 12 heteroatoms. The molecule has 0 bridgehead atoms. The first kappa shape index (κ1) is 33.0. The molecule has 0 radical (unpaired) electrons. The Kier molecular flexibility index (Phi) is 16.0. The van der Waals surface area contributed by atoms with E-state index in [0.29, 0.717) is 32.1 Å². The number of carbonyl (C=O) groups excluding carboxylic acids is 2. The molecule has 0 aliphatic rings. The molecule has 6 N–H and O–H groups in total. The second-order valence-electron chi connectivity index (χ2n) is 9.22. The molecule has 0 heterocycles. The number of nitrogens with two attached hydrogens (primary N) is 1. The highest BCUT2D eigenvalue weighted by molar-refractivity contribution is 6.43. The number of nitrogens with zero attached hydrogens (tertiary/aromatic N) is 2. The average Bonchev–Trinajstić information content (AvgIpc) is 2.75. The van der Waals surface area contributed by atoms with Crippen LogP contribution in [-0.4, -0.2) is 52.3 Å². The Morgan fingerprint density at radius 2 is 1.83 bits per heavy atom. The van der Waals surface area contributed by atoms with Crippen molar-refractivity contribution >= 4 is 24.8 Å². The van der Waals surface area contributed by atoms with Crippen LogP contribution in [0.3, 0.4) is 0 Å². The van der Waals surface area contributed by atoms with Gasteiger partial charge in [-0.2, -0.15) is 0 Å². The molecule has 0 aromatic heterocycles. The normalized spacial score (nSPS) is 12.9. The predicted molar refractivity (Wildman–Crippen MR) is 141 cm³/mol. The van der Waals surface area contributed by atoms with Crippen molar-refractivity contribution in [1.82, 2.24) is 10.7 Å². The van der Waals surface area contributed by atoms with E-state index in [2.05, 4.69) is 10.3 Å². The third-order valence-electron chi connectivity index (χ3n) is 5.50. The zero-order valence-corrected chi connectivity index (χ0v) is 20.8. The maximum absolute atomic E-state index is 12.9. The molecule has 1 rings (SSSR count). The number of ketones is 1. The Bertz CT molecular complexity index is 848. The number of hydrazine groups is 1. The Balaban J connectivity index is 0.0000122. The first-order valence-corrected chi connectivity index (χ1v) is 11.9. The highest BCUT2D eigenvalue weighted by Gasteiger charge is 2.29. The molecule has 1 aromatic rings. The molecule has 0 saturated carbocycles. The van der Waals surface area contributed by atoms with Crippen LogP contribution < -0.4 is 16.5 Å². The van der Waals surface area contributed by atoms with Crippen LogP contribution in [0.25, 0.3) is 0 Å². The van der Waals surface area contributed by atoms with Gasteiger partial charge >= 0.3 is 7.12 Å². The fourth-order valence-electron chi connectivity index (χ4n) is 3.68. The van der Waals surface area contributed by atoms with Gasteiger partial charge in [-0.25, -0.2) is 15.1 Å². The summed E-state index contributed by atoms with van der Waals surface area (Å²) in [5, 5.41) is 31.5. The van der Waals surface area contributed by atoms with E-state index in [4.69, 9.17) is 5.73 Å². The van der Waals surface area contributed by atoms with Crippen LogP contribution in [0.2, 0.25) is 0 Å². The molecule has 0 aliphatic heterocycles. The number of benzene rings is 1. The Hall–Kier alpha value is -2.99. The van der Waals surface area contributed by atoms with E-state index >= 15 is 0 Å². The number of nitro groups is 1. The number of nitrogens with one attached hydrogen (secondary N) is 2. The number of amides is 1. The third kappa shape index (κ3) is 14.4. The van der Waals surface area contributed by atoms with Crippen molar-refractivity contribution in [2.75, 3.05) is 6.54 Å². The lowest BCUT2D eigenvalue weighted by molar-refractivity contribution is -0.525. The number of aliphatic imine (C=N–C) groups is 1. The molecule has 0 unspecified atom stereocenters. The lowest BCUT2D eigenvalue weighted by atomic mass is 9.74. The summed E-state index contributed by atoms with van der Waals surface area (Å²) < 4.78 is 0. The SMILES string of the molecule is C.Cc1ccc(CCCC(=O)C[C@@H](CCCN=C(N)N[N+](=O)[O-])C(=O)N[C@@H](CC(C)C)B(O)O)cc1. The van der Waals surface area contributed by atoms with E-state index in [1.807, 2.05) is 45.0 Å². The highest BCUT2D eigenvalue weighted by atomic mass is 16.7. The molecule has 202 valence electrons. The van der Waals surface area contributed by atoms with Crippen LogP contribution in [0.1, 0.15) is 70.9 Å². The van der Waals surface area contributed by atoms with Crippen molar-refractivity contribution in [2.45, 2.75) is 79.1 Å². The summed E-state index contributed by atoms with van der Waals surface area (Å²) in [5.41, 5.74) is 9.45. The summed E-state index contributed by atoms with van der Waals surface area (Å²) in [6.45, 7) is 5.95. The third-order valence-corrected chi connectivity index (χ3v) is 5.50. The van der Waals surface area contributed by atoms with Crippen LogP contribution in [0.15, 0.2) is 29.3 Å². The van der Waals surface area contributed by atoms with Crippen molar-refractivity contribution in [1.29, 1.82) is 0 Å². The molecule has 0 saturated heterocycles. The van der Waals surface area contributed by atoms with E-state index in [0.717, 1.165) is 12.0 Å². The second-order valence-corrected chi connectivity index (χ2v) is 9.22. The van der Waals surface area contributed by atoms with Gasteiger partial charge in [0, 0.05) is 25.3 Å². The summed E-state index contributed by atoms with van der Waals surface area (Å²) in [4.78, 5) is 39.8. The zero-order chi connectivity index (χ0) is 26.4. The maximum atomic E-state index is 12.9. The zero-order valence-electron chi connectivity index (χ0n) is 20.8. The summed E-state index contributed by atoms with van der Waals surface area (Å²) in [6, 6.07) is 8.12. The predicted octanol–water partition coefficient (Wildman–Crippen LogP) is 1.95. The van der Waals surface area contributed by atoms with Gasteiger partial charge in [0.2, 0.25) is 5.91 Å². The van der Waals surface area contributed by atoms with Crippen molar-refractivity contribution in [3.63, 3.8) is 0 Å². The second kappa shape index (κ2) is 17.4. The number of carbonyl (C=O) groups is 2. The minimum Gasteiger partial charge on any atom is -0.426 e. The molecule has 11 nitrogen and oxygen atoms in total. The number of aryl methyl sites for hydroxylation is 2. The molecular weight excluding hydrogens is 465 g/mol. The molecule has 0 aliphatic carbocycles. The fourth-order valence-corrected chi connectivity index (χ4v) is 3.68. The molecule has 0 spiro atoms. The average molecular weight is 507 g/mol. The van der Waals surface area contributed by atoms with E-state index in [-0.39, 0.29) is 38.1 Å². The molecule has 0 fully saturated rings. The van der Waals surface area contributed by atoms with Crippen molar-refractivity contribution in [3.8, 4) is 0 Å². The Morgan fingerprint density at radius 3 is 2.39 bits per heavy atom.